The zero-order valence-corrected chi connectivity index (χ0v) is 10.1. The Balaban J connectivity index is 4.11. The van der Waals surface area contributed by atoms with Crippen molar-refractivity contribution in [2.45, 2.75) is 33.3 Å². The van der Waals surface area contributed by atoms with Crippen molar-refractivity contribution in [3.05, 3.63) is 24.3 Å². The van der Waals surface area contributed by atoms with Gasteiger partial charge in [0.05, 0.1) is 6.54 Å². The first-order valence-corrected chi connectivity index (χ1v) is 5.18. The fourth-order valence-corrected chi connectivity index (χ4v) is 0.879. The Hall–Kier alpha value is -1.58. The third-order valence-corrected chi connectivity index (χ3v) is 1.96. The Morgan fingerprint density at radius 2 is 1.81 bits per heavy atom. The van der Waals surface area contributed by atoms with Crippen molar-refractivity contribution < 1.29 is 14.3 Å². The average molecular weight is 225 g/mol. The number of hydrogen-bond donors (Lipinski definition) is 1. The summed E-state index contributed by atoms with van der Waals surface area (Å²) in [5, 5.41) is 2.63. The number of rotatable bonds is 6. The van der Waals surface area contributed by atoms with E-state index in [9.17, 15) is 9.59 Å². The quantitative estimate of drug-likeness (QED) is 0.551. The highest BCUT2D eigenvalue weighted by Gasteiger charge is 2.14. The molecule has 0 aliphatic rings. The Morgan fingerprint density at radius 3 is 2.19 bits per heavy atom. The van der Waals surface area contributed by atoms with Crippen molar-refractivity contribution in [2.24, 2.45) is 0 Å². The molecule has 4 heteroatoms. The summed E-state index contributed by atoms with van der Waals surface area (Å²) in [6.07, 6.45) is 0.308. The lowest BCUT2D eigenvalue weighted by atomic mass is 10.2. The molecular weight excluding hydrogens is 206 g/mol. The van der Waals surface area contributed by atoms with Gasteiger partial charge in [0.1, 0.15) is 6.10 Å². The van der Waals surface area contributed by atoms with Crippen molar-refractivity contribution >= 4 is 11.9 Å². The van der Waals surface area contributed by atoms with Gasteiger partial charge in [0.25, 0.3) is 0 Å². The molecule has 0 saturated carbocycles. The molecule has 0 spiro atoms. The second-order valence-electron chi connectivity index (χ2n) is 3.71. The highest BCUT2D eigenvalue weighted by atomic mass is 16.5. The van der Waals surface area contributed by atoms with Crippen LogP contribution in [-0.4, -0.2) is 24.5 Å². The molecule has 1 unspecified atom stereocenters. The van der Waals surface area contributed by atoms with E-state index < -0.39 is 5.97 Å². The summed E-state index contributed by atoms with van der Waals surface area (Å²) in [7, 11) is 0. The maximum Gasteiger partial charge on any atom is 0.333 e. The average Bonchev–Trinajstić information content (AvgIpc) is 2.22. The van der Waals surface area contributed by atoms with Gasteiger partial charge in [0.15, 0.2) is 0 Å². The van der Waals surface area contributed by atoms with E-state index >= 15 is 0 Å². The summed E-state index contributed by atoms with van der Waals surface area (Å²) in [5.74, 6) is -0.666. The van der Waals surface area contributed by atoms with Crippen molar-refractivity contribution in [2.75, 3.05) is 6.54 Å². The van der Waals surface area contributed by atoms with Gasteiger partial charge in [0.2, 0.25) is 5.91 Å². The van der Waals surface area contributed by atoms with E-state index in [-0.39, 0.29) is 12.0 Å². The molecule has 1 atom stereocenters. The molecule has 0 aromatic heterocycles. The molecule has 1 N–H and O–H groups in total. The van der Waals surface area contributed by atoms with E-state index in [1.165, 1.54) is 0 Å². The fourth-order valence-electron chi connectivity index (χ4n) is 0.879. The zero-order valence-electron chi connectivity index (χ0n) is 10.1. The lowest BCUT2D eigenvalue weighted by molar-refractivity contribution is -0.144. The van der Waals surface area contributed by atoms with Crippen LogP contribution in [0.2, 0.25) is 0 Å². The normalized spacial score (nSPS) is 11.4. The number of ether oxygens (including phenoxy) is 1. The van der Waals surface area contributed by atoms with Crippen LogP contribution in [0.4, 0.5) is 0 Å². The van der Waals surface area contributed by atoms with E-state index in [0.717, 1.165) is 0 Å². The van der Waals surface area contributed by atoms with Crippen molar-refractivity contribution in [1.29, 1.82) is 0 Å². The van der Waals surface area contributed by atoms with Crippen LogP contribution in [0.5, 0.6) is 0 Å². The van der Waals surface area contributed by atoms with E-state index in [1.807, 2.05) is 6.92 Å². The van der Waals surface area contributed by atoms with Crippen LogP contribution in [0.3, 0.4) is 0 Å². The van der Waals surface area contributed by atoms with Crippen LogP contribution in [0.15, 0.2) is 24.3 Å². The van der Waals surface area contributed by atoms with Crippen LogP contribution in [-0.2, 0) is 14.3 Å². The van der Waals surface area contributed by atoms with Gasteiger partial charge in [-0.05, 0) is 20.3 Å². The van der Waals surface area contributed by atoms with Crippen molar-refractivity contribution in [3.8, 4) is 0 Å². The standard InChI is InChI=1S/C12H19NO3/c1-6-10(16-12(15)9(4)5)7-13-11(14)8(2)3/h10H,2,4,6-7H2,1,3,5H3,(H,13,14). The molecule has 0 rings (SSSR count). The van der Waals surface area contributed by atoms with Gasteiger partial charge in [-0.1, -0.05) is 20.1 Å². The minimum Gasteiger partial charge on any atom is -0.457 e. The second-order valence-corrected chi connectivity index (χ2v) is 3.71. The lowest BCUT2D eigenvalue weighted by Gasteiger charge is -2.16. The Bertz CT molecular complexity index is 307. The van der Waals surface area contributed by atoms with Gasteiger partial charge in [-0.3, -0.25) is 4.79 Å². The van der Waals surface area contributed by atoms with E-state index in [2.05, 4.69) is 18.5 Å². The maximum absolute atomic E-state index is 11.2. The third-order valence-electron chi connectivity index (χ3n) is 1.96. The number of hydrogen-bond acceptors (Lipinski definition) is 3. The predicted octanol–water partition coefficient (Wildman–Crippen LogP) is 1.58. The van der Waals surface area contributed by atoms with Gasteiger partial charge in [-0.2, -0.15) is 0 Å². The molecule has 0 saturated heterocycles. The Kier molecular flexibility index (Phi) is 6.15. The fraction of sp³-hybridized carbons (Fsp3) is 0.500. The molecular formula is C12H19NO3. The molecule has 0 fully saturated rings. The summed E-state index contributed by atoms with van der Waals surface area (Å²) < 4.78 is 5.11. The monoisotopic (exact) mass is 225 g/mol. The van der Waals surface area contributed by atoms with Crippen LogP contribution < -0.4 is 5.32 Å². The zero-order chi connectivity index (χ0) is 12.7. The minimum atomic E-state index is -0.434. The highest BCUT2D eigenvalue weighted by Crippen LogP contribution is 2.02. The summed E-state index contributed by atoms with van der Waals surface area (Å²) in [4.78, 5) is 22.5. The van der Waals surface area contributed by atoms with Crippen molar-refractivity contribution in [1.82, 2.24) is 5.32 Å². The van der Waals surface area contributed by atoms with Gasteiger partial charge in [-0.15, -0.1) is 0 Å². The first kappa shape index (κ1) is 14.4. The smallest absolute Gasteiger partial charge is 0.333 e. The van der Waals surface area contributed by atoms with Crippen LogP contribution in [0, 0.1) is 0 Å². The number of amides is 1. The molecule has 90 valence electrons. The van der Waals surface area contributed by atoms with Crippen molar-refractivity contribution in [3.63, 3.8) is 0 Å². The first-order valence-electron chi connectivity index (χ1n) is 5.18. The first-order chi connectivity index (χ1) is 7.38. The summed E-state index contributed by atoms with van der Waals surface area (Å²) in [6, 6.07) is 0. The van der Waals surface area contributed by atoms with Gasteiger partial charge in [0, 0.05) is 11.1 Å². The number of nitrogens with one attached hydrogen (secondary N) is 1. The minimum absolute atomic E-state index is 0.232. The predicted molar refractivity (Wildman–Crippen MR) is 62.8 cm³/mol. The van der Waals surface area contributed by atoms with Crippen LogP contribution >= 0.6 is 0 Å². The van der Waals surface area contributed by atoms with Crippen LogP contribution in [0.25, 0.3) is 0 Å². The van der Waals surface area contributed by atoms with E-state index in [0.29, 0.717) is 24.1 Å². The molecule has 4 nitrogen and oxygen atoms in total. The Morgan fingerprint density at radius 1 is 1.25 bits per heavy atom. The molecule has 1 amide bonds. The molecule has 0 radical (unpaired) electrons. The maximum atomic E-state index is 11.2. The summed E-state index contributed by atoms with van der Waals surface area (Å²) >= 11 is 0. The van der Waals surface area contributed by atoms with E-state index in [1.54, 1.807) is 13.8 Å². The third kappa shape index (κ3) is 5.34. The topological polar surface area (TPSA) is 55.4 Å². The number of carbonyl (C=O) groups excluding carboxylic acids is 2. The highest BCUT2D eigenvalue weighted by molar-refractivity contribution is 5.92. The summed E-state index contributed by atoms with van der Waals surface area (Å²) in [6.45, 7) is 12.4. The summed E-state index contributed by atoms with van der Waals surface area (Å²) in [5.41, 5.74) is 0.783. The molecule has 0 aromatic carbocycles. The van der Waals surface area contributed by atoms with E-state index in [4.69, 9.17) is 4.74 Å². The van der Waals surface area contributed by atoms with Gasteiger partial charge < -0.3 is 10.1 Å². The molecule has 0 bridgehead atoms. The largest absolute Gasteiger partial charge is 0.457 e. The number of carbonyl (C=O) groups is 2. The number of esters is 1. The lowest BCUT2D eigenvalue weighted by Crippen LogP contribution is -2.34. The van der Waals surface area contributed by atoms with Gasteiger partial charge in [-0.25, -0.2) is 4.79 Å². The molecule has 0 aliphatic heterocycles. The SMILES string of the molecule is C=C(C)C(=O)NCC(CC)OC(=O)C(=C)C. The second kappa shape index (κ2) is 6.82. The molecule has 0 heterocycles. The van der Waals surface area contributed by atoms with Gasteiger partial charge >= 0.3 is 5.97 Å². The Labute approximate surface area is 96.4 Å². The molecule has 0 aliphatic carbocycles. The molecule has 16 heavy (non-hydrogen) atoms. The van der Waals surface area contributed by atoms with Crippen LogP contribution in [0.1, 0.15) is 27.2 Å². The molecule has 0 aromatic rings.